The quantitative estimate of drug-likeness (QED) is 0.525. The molecule has 2 N–H and O–H groups in total. The lowest BCUT2D eigenvalue weighted by Crippen LogP contribution is -2.73. The first kappa shape index (κ1) is 23.0. The van der Waals surface area contributed by atoms with Crippen molar-refractivity contribution in [1.82, 2.24) is 25.1 Å². The Morgan fingerprint density at radius 3 is 2.61 bits per heavy atom. The molecule has 0 spiro atoms. The molecule has 1 aromatic rings. The predicted molar refractivity (Wildman–Crippen MR) is 112 cm³/mol. The average molecular weight is 434 g/mol. The van der Waals surface area contributed by atoms with Crippen molar-refractivity contribution in [2.45, 2.75) is 25.6 Å². The Balaban J connectivity index is 1.61. The molecule has 2 fully saturated rings. The van der Waals surface area contributed by atoms with Crippen molar-refractivity contribution in [3.63, 3.8) is 0 Å². The number of likely N-dealkylation sites (N-methyl/N-ethyl adjacent to an activating group) is 1. The zero-order valence-corrected chi connectivity index (χ0v) is 17.9. The van der Waals surface area contributed by atoms with Crippen LogP contribution in [0.4, 0.5) is 4.79 Å². The van der Waals surface area contributed by atoms with Crippen LogP contribution in [0.2, 0.25) is 0 Å². The van der Waals surface area contributed by atoms with Crippen molar-refractivity contribution in [2.24, 2.45) is 0 Å². The van der Waals surface area contributed by atoms with Gasteiger partial charge >= 0.3 is 6.03 Å². The van der Waals surface area contributed by atoms with Crippen LogP contribution in [0, 0.1) is 0 Å². The Labute approximate surface area is 182 Å². The molecule has 1 unspecified atom stereocenters. The van der Waals surface area contributed by atoms with Gasteiger partial charge < -0.3 is 25.0 Å². The van der Waals surface area contributed by atoms with Crippen LogP contribution < -0.4 is 5.32 Å². The summed E-state index contributed by atoms with van der Waals surface area (Å²) in [5, 5.41) is 14.8. The maximum Gasteiger partial charge on any atom is 0.334 e. The fourth-order valence-corrected chi connectivity index (χ4v) is 3.79. The van der Waals surface area contributed by atoms with Crippen LogP contribution in [0.3, 0.4) is 0 Å². The second-order valence-corrected chi connectivity index (χ2v) is 7.69. The van der Waals surface area contributed by atoms with E-state index in [9.17, 15) is 14.4 Å². The van der Waals surface area contributed by atoms with E-state index in [4.69, 9.17) is 9.84 Å². The third-order valence-electron chi connectivity index (χ3n) is 5.39. The van der Waals surface area contributed by atoms with Gasteiger partial charge in [0.15, 0.2) is 0 Å². The third-order valence-corrected chi connectivity index (χ3v) is 5.39. The topological polar surface area (TPSA) is 106 Å². The lowest BCUT2D eigenvalue weighted by Gasteiger charge is -2.51. The molecule has 2 saturated heterocycles. The van der Waals surface area contributed by atoms with Crippen molar-refractivity contribution in [3.05, 3.63) is 35.9 Å². The highest BCUT2D eigenvalue weighted by Gasteiger charge is 2.45. The number of urea groups is 1. The number of fused-ring (bicyclic) bond motifs is 1. The summed E-state index contributed by atoms with van der Waals surface area (Å²) in [6.07, 6.45) is 0.685. The van der Waals surface area contributed by atoms with E-state index in [1.165, 1.54) is 9.91 Å². The predicted octanol–water partition coefficient (Wildman–Crippen LogP) is -0.155. The van der Waals surface area contributed by atoms with E-state index in [2.05, 4.69) is 5.32 Å². The molecule has 31 heavy (non-hydrogen) atoms. The van der Waals surface area contributed by atoms with Gasteiger partial charge in [-0.1, -0.05) is 30.3 Å². The average Bonchev–Trinajstić information content (AvgIpc) is 2.76. The summed E-state index contributed by atoms with van der Waals surface area (Å²) in [5.41, 5.74) is 0.977. The van der Waals surface area contributed by atoms with Gasteiger partial charge in [0.05, 0.1) is 13.1 Å². The first-order chi connectivity index (χ1) is 15.0. The number of carbonyl (C=O) groups excluding carboxylic acids is 3. The lowest BCUT2D eigenvalue weighted by molar-refractivity contribution is -0.178. The second-order valence-electron chi connectivity index (χ2n) is 7.69. The minimum absolute atomic E-state index is 0.0365. The molecule has 4 amide bonds. The summed E-state index contributed by atoms with van der Waals surface area (Å²) in [6.45, 7) is 2.18. The zero-order valence-electron chi connectivity index (χ0n) is 17.9. The van der Waals surface area contributed by atoms with Gasteiger partial charge in [0.2, 0.25) is 11.8 Å². The Bertz CT molecular complexity index is 762. The summed E-state index contributed by atoms with van der Waals surface area (Å²) in [4.78, 5) is 41.2. The lowest BCUT2D eigenvalue weighted by atomic mass is 10.2. The summed E-state index contributed by atoms with van der Waals surface area (Å²) in [7, 11) is 1.70. The van der Waals surface area contributed by atoms with Crippen molar-refractivity contribution in [2.75, 3.05) is 53.0 Å². The Morgan fingerprint density at radius 2 is 1.87 bits per heavy atom. The van der Waals surface area contributed by atoms with Crippen molar-refractivity contribution in [3.8, 4) is 0 Å². The molecule has 0 aromatic heterocycles. The molecule has 0 radical (unpaired) electrons. The fraction of sp³-hybridized carbons (Fsp3) is 0.571. The minimum atomic E-state index is -0.546. The van der Waals surface area contributed by atoms with Crippen molar-refractivity contribution in [1.29, 1.82) is 0 Å². The van der Waals surface area contributed by atoms with E-state index in [1.54, 1.807) is 17.0 Å². The molecule has 1 aromatic carbocycles. The van der Waals surface area contributed by atoms with Gasteiger partial charge in [0.25, 0.3) is 0 Å². The maximum absolute atomic E-state index is 13.0. The summed E-state index contributed by atoms with van der Waals surface area (Å²) < 4.78 is 5.43. The van der Waals surface area contributed by atoms with Gasteiger partial charge in [-0.05, 0) is 18.4 Å². The molecule has 0 aliphatic carbocycles. The highest BCUT2D eigenvalue weighted by Crippen LogP contribution is 2.21. The first-order valence-electron chi connectivity index (χ1n) is 10.6. The number of carbonyl (C=O) groups is 3. The molecule has 2 aliphatic heterocycles. The summed E-state index contributed by atoms with van der Waals surface area (Å²) in [5.74, 6) is -0.297. The molecular weight excluding hydrogens is 402 g/mol. The normalized spacial score (nSPS) is 19.5. The molecule has 170 valence electrons. The van der Waals surface area contributed by atoms with E-state index in [1.807, 2.05) is 30.3 Å². The maximum atomic E-state index is 13.0. The van der Waals surface area contributed by atoms with Crippen molar-refractivity contribution >= 4 is 17.8 Å². The highest BCUT2D eigenvalue weighted by molar-refractivity contribution is 5.89. The van der Waals surface area contributed by atoms with Gasteiger partial charge in [-0.25, -0.2) is 14.8 Å². The number of hydrogen-bond donors (Lipinski definition) is 2. The monoisotopic (exact) mass is 433 g/mol. The van der Waals surface area contributed by atoms with Crippen LogP contribution in [0.1, 0.15) is 18.4 Å². The number of benzene rings is 1. The first-order valence-corrected chi connectivity index (χ1v) is 10.6. The number of hydrogen-bond acceptors (Lipinski definition) is 6. The number of hydrazine groups is 1. The molecule has 10 heteroatoms. The minimum Gasteiger partial charge on any atom is -0.396 e. The number of aliphatic hydroxyl groups excluding tert-OH is 1. The number of piperazine rings is 1. The number of aliphatic hydroxyl groups is 1. The zero-order chi connectivity index (χ0) is 22.2. The third kappa shape index (κ3) is 5.93. The highest BCUT2D eigenvalue weighted by atomic mass is 16.5. The molecule has 3 rings (SSSR count). The SMILES string of the molecule is CN1CC(=O)N2CC(=O)N(CCCOCCCO)CC2N1C(=O)NCc1ccccc1. The number of nitrogens with one attached hydrogen (secondary N) is 1. The smallest absolute Gasteiger partial charge is 0.334 e. The van der Waals surface area contributed by atoms with Gasteiger partial charge in [0, 0.05) is 40.0 Å². The summed E-state index contributed by atoms with van der Waals surface area (Å²) >= 11 is 0. The Kier molecular flexibility index (Phi) is 8.21. The number of nitrogens with zero attached hydrogens (tertiary/aromatic N) is 4. The van der Waals surface area contributed by atoms with Gasteiger partial charge in [-0.15, -0.1) is 0 Å². The fourth-order valence-electron chi connectivity index (χ4n) is 3.79. The number of amides is 4. The standard InChI is InChI=1S/C21H31N5O5/c1-23-15-20(29)25-16-19(28)24(9-5-11-31-12-6-10-27)14-18(25)26(23)21(30)22-13-17-7-3-2-4-8-17/h2-4,7-8,18,27H,5-6,9-16H2,1H3,(H,22,30). The molecule has 10 nitrogen and oxygen atoms in total. The molecular formula is C21H31N5O5. The van der Waals surface area contributed by atoms with Gasteiger partial charge in [-0.2, -0.15) is 0 Å². The van der Waals surface area contributed by atoms with Crippen LogP contribution in [0.15, 0.2) is 30.3 Å². The van der Waals surface area contributed by atoms with Crippen LogP contribution in [0.5, 0.6) is 0 Å². The van der Waals surface area contributed by atoms with Crippen LogP contribution in [-0.4, -0.2) is 102 Å². The van der Waals surface area contributed by atoms with Crippen molar-refractivity contribution < 1.29 is 24.2 Å². The van der Waals surface area contributed by atoms with E-state index in [-0.39, 0.29) is 44.1 Å². The van der Waals surface area contributed by atoms with Crippen LogP contribution in [-0.2, 0) is 20.9 Å². The van der Waals surface area contributed by atoms with E-state index in [0.717, 1.165) is 5.56 Å². The summed E-state index contributed by atoms with van der Waals surface area (Å²) in [6, 6.07) is 9.29. The Morgan fingerprint density at radius 1 is 1.13 bits per heavy atom. The van der Waals surface area contributed by atoms with E-state index in [0.29, 0.717) is 39.1 Å². The number of ether oxygens (including phenoxy) is 1. The number of rotatable bonds is 9. The van der Waals surface area contributed by atoms with Crippen LogP contribution >= 0.6 is 0 Å². The van der Waals surface area contributed by atoms with E-state index < -0.39 is 6.17 Å². The molecule has 2 aliphatic rings. The molecule has 0 bridgehead atoms. The van der Waals surface area contributed by atoms with Gasteiger partial charge in [0.1, 0.15) is 12.7 Å². The molecule has 0 saturated carbocycles. The van der Waals surface area contributed by atoms with Gasteiger partial charge in [-0.3, -0.25) is 9.59 Å². The second kappa shape index (κ2) is 11.1. The largest absolute Gasteiger partial charge is 0.396 e. The van der Waals surface area contributed by atoms with Crippen LogP contribution in [0.25, 0.3) is 0 Å². The Hall–Kier alpha value is -2.69. The molecule has 2 heterocycles. The van der Waals surface area contributed by atoms with E-state index >= 15 is 0 Å². The molecule has 1 atom stereocenters.